The third kappa shape index (κ3) is 3.91. The maximum absolute atomic E-state index is 4.61. The minimum absolute atomic E-state index is 0.430. The van der Waals surface area contributed by atoms with E-state index >= 15 is 0 Å². The normalized spacial score (nSPS) is 11.5. The molecular weight excluding hydrogens is 332 g/mol. The lowest BCUT2D eigenvalue weighted by Gasteiger charge is -2.06. The van der Waals surface area contributed by atoms with Crippen LogP contribution in [0.15, 0.2) is 10.8 Å². The van der Waals surface area contributed by atoms with Gasteiger partial charge in [0, 0.05) is 12.6 Å². The monoisotopic (exact) mass is 354 g/mol. The Kier molecular flexibility index (Phi) is 5.52. The van der Waals surface area contributed by atoms with Gasteiger partial charge in [-0.15, -0.1) is 0 Å². The number of hydrogen-bond acceptors (Lipinski definition) is 4. The molecule has 0 saturated carbocycles. The molecule has 0 fully saturated rings. The standard InChI is InChI=1S/C14H23BrN6/c1-5-11-14(15)12(21(6-2)18-11)8-20-9-17-13(19-20)7-16-10(3)4/h9-10,16H,5-8H2,1-4H3. The third-order valence-electron chi connectivity index (χ3n) is 3.26. The van der Waals surface area contributed by atoms with Crippen molar-refractivity contribution in [1.29, 1.82) is 0 Å². The highest BCUT2D eigenvalue weighted by molar-refractivity contribution is 9.10. The zero-order valence-electron chi connectivity index (χ0n) is 13.1. The first-order chi connectivity index (χ1) is 10.0. The molecule has 2 rings (SSSR count). The lowest BCUT2D eigenvalue weighted by Crippen LogP contribution is -2.22. The molecular formula is C14H23BrN6. The highest BCUT2D eigenvalue weighted by Crippen LogP contribution is 2.22. The Balaban J connectivity index is 2.13. The molecule has 2 aromatic rings. The van der Waals surface area contributed by atoms with Crippen LogP contribution in [0.25, 0.3) is 0 Å². The number of nitrogens with zero attached hydrogens (tertiary/aromatic N) is 5. The zero-order chi connectivity index (χ0) is 15.4. The van der Waals surface area contributed by atoms with Crippen molar-refractivity contribution in [2.24, 2.45) is 0 Å². The topological polar surface area (TPSA) is 60.6 Å². The number of aromatic nitrogens is 5. The quantitative estimate of drug-likeness (QED) is 0.828. The number of nitrogens with one attached hydrogen (secondary N) is 1. The third-order valence-corrected chi connectivity index (χ3v) is 4.17. The van der Waals surface area contributed by atoms with Gasteiger partial charge in [0.2, 0.25) is 0 Å². The summed E-state index contributed by atoms with van der Waals surface area (Å²) in [6.45, 7) is 10.7. The van der Waals surface area contributed by atoms with E-state index in [2.05, 4.69) is 64.1 Å². The molecule has 2 aromatic heterocycles. The SMILES string of the molecule is CCc1nn(CC)c(Cn2cnc(CNC(C)C)n2)c1Br. The van der Waals surface area contributed by atoms with Crippen LogP contribution in [0.4, 0.5) is 0 Å². The van der Waals surface area contributed by atoms with E-state index in [9.17, 15) is 0 Å². The van der Waals surface area contributed by atoms with E-state index < -0.39 is 0 Å². The molecule has 2 heterocycles. The molecule has 7 heteroatoms. The zero-order valence-corrected chi connectivity index (χ0v) is 14.7. The maximum atomic E-state index is 4.61. The molecule has 0 amide bonds. The molecule has 0 spiro atoms. The molecule has 0 radical (unpaired) electrons. The van der Waals surface area contributed by atoms with Crippen molar-refractivity contribution < 1.29 is 0 Å². The molecule has 1 N–H and O–H groups in total. The van der Waals surface area contributed by atoms with Crippen molar-refractivity contribution in [3.63, 3.8) is 0 Å². The first-order valence-electron chi connectivity index (χ1n) is 7.40. The Morgan fingerprint density at radius 3 is 2.67 bits per heavy atom. The molecule has 6 nitrogen and oxygen atoms in total. The summed E-state index contributed by atoms with van der Waals surface area (Å²) in [6, 6.07) is 0.430. The van der Waals surface area contributed by atoms with E-state index in [1.54, 1.807) is 6.33 Å². The summed E-state index contributed by atoms with van der Waals surface area (Å²) in [5.74, 6) is 0.818. The van der Waals surface area contributed by atoms with Gasteiger partial charge >= 0.3 is 0 Å². The van der Waals surface area contributed by atoms with Crippen LogP contribution in [0.1, 0.15) is 44.9 Å². The second-order valence-electron chi connectivity index (χ2n) is 5.27. The molecule has 0 aliphatic carbocycles. The van der Waals surface area contributed by atoms with Gasteiger partial charge in [-0.25, -0.2) is 9.67 Å². The summed E-state index contributed by atoms with van der Waals surface area (Å²) >= 11 is 3.66. The van der Waals surface area contributed by atoms with Crippen molar-refractivity contribution in [1.82, 2.24) is 29.9 Å². The van der Waals surface area contributed by atoms with E-state index in [1.807, 2.05) is 9.36 Å². The molecule has 116 valence electrons. The van der Waals surface area contributed by atoms with Crippen LogP contribution in [-0.4, -0.2) is 30.6 Å². The van der Waals surface area contributed by atoms with Crippen LogP contribution < -0.4 is 5.32 Å². The molecule has 0 saturated heterocycles. The molecule has 0 aromatic carbocycles. The van der Waals surface area contributed by atoms with E-state index in [4.69, 9.17) is 0 Å². The number of halogens is 1. The molecule has 0 unspecified atom stereocenters. The van der Waals surface area contributed by atoms with Crippen LogP contribution in [0.2, 0.25) is 0 Å². The Morgan fingerprint density at radius 1 is 1.29 bits per heavy atom. The molecule has 21 heavy (non-hydrogen) atoms. The Labute approximate surface area is 134 Å². The first-order valence-corrected chi connectivity index (χ1v) is 8.20. The number of hydrogen-bond donors (Lipinski definition) is 1. The van der Waals surface area contributed by atoms with Gasteiger partial charge in [-0.2, -0.15) is 10.2 Å². The van der Waals surface area contributed by atoms with Crippen molar-refractivity contribution in [2.45, 2.75) is 59.8 Å². The summed E-state index contributed by atoms with van der Waals surface area (Å²) in [5.41, 5.74) is 2.23. The smallest absolute Gasteiger partial charge is 0.164 e. The fourth-order valence-electron chi connectivity index (χ4n) is 2.11. The minimum Gasteiger partial charge on any atom is -0.308 e. The van der Waals surface area contributed by atoms with E-state index in [0.29, 0.717) is 19.1 Å². The van der Waals surface area contributed by atoms with E-state index in [-0.39, 0.29) is 0 Å². The van der Waals surface area contributed by atoms with Gasteiger partial charge in [0.25, 0.3) is 0 Å². The maximum Gasteiger partial charge on any atom is 0.164 e. The van der Waals surface area contributed by atoms with Crippen LogP contribution >= 0.6 is 15.9 Å². The van der Waals surface area contributed by atoms with Gasteiger partial charge in [-0.1, -0.05) is 20.8 Å². The van der Waals surface area contributed by atoms with Crippen molar-refractivity contribution >= 4 is 15.9 Å². The summed E-state index contributed by atoms with van der Waals surface area (Å²) < 4.78 is 4.98. The van der Waals surface area contributed by atoms with Crippen molar-refractivity contribution in [3.8, 4) is 0 Å². The Bertz CT molecular complexity index is 586. The predicted octanol–water partition coefficient (Wildman–Crippen LogP) is 2.37. The van der Waals surface area contributed by atoms with E-state index in [1.165, 1.54) is 0 Å². The average molecular weight is 355 g/mol. The van der Waals surface area contributed by atoms with Gasteiger partial charge in [-0.05, 0) is 29.3 Å². The summed E-state index contributed by atoms with van der Waals surface area (Å²) in [6.07, 6.45) is 2.70. The minimum atomic E-state index is 0.430. The second-order valence-corrected chi connectivity index (χ2v) is 6.06. The fraction of sp³-hybridized carbons (Fsp3) is 0.643. The molecule has 0 aliphatic heterocycles. The lowest BCUT2D eigenvalue weighted by molar-refractivity contribution is 0.551. The van der Waals surface area contributed by atoms with Gasteiger partial charge in [0.1, 0.15) is 6.33 Å². The van der Waals surface area contributed by atoms with Crippen LogP contribution in [-0.2, 0) is 26.1 Å². The van der Waals surface area contributed by atoms with Crippen molar-refractivity contribution in [3.05, 3.63) is 28.0 Å². The first kappa shape index (κ1) is 16.2. The largest absolute Gasteiger partial charge is 0.308 e. The van der Waals surface area contributed by atoms with Gasteiger partial charge in [0.15, 0.2) is 5.82 Å². The average Bonchev–Trinajstić information content (AvgIpc) is 3.03. The predicted molar refractivity (Wildman–Crippen MR) is 86.1 cm³/mol. The van der Waals surface area contributed by atoms with Crippen LogP contribution in [0.5, 0.6) is 0 Å². The highest BCUT2D eigenvalue weighted by atomic mass is 79.9. The molecule has 0 aliphatic rings. The summed E-state index contributed by atoms with van der Waals surface area (Å²) in [4.78, 5) is 4.34. The van der Waals surface area contributed by atoms with Crippen LogP contribution in [0, 0.1) is 0 Å². The Morgan fingerprint density at radius 2 is 2.05 bits per heavy atom. The Hall–Kier alpha value is -1.21. The number of rotatable bonds is 7. The van der Waals surface area contributed by atoms with Crippen LogP contribution in [0.3, 0.4) is 0 Å². The molecule has 0 atom stereocenters. The van der Waals surface area contributed by atoms with Gasteiger partial charge < -0.3 is 5.32 Å². The fourth-order valence-corrected chi connectivity index (χ4v) is 2.80. The van der Waals surface area contributed by atoms with E-state index in [0.717, 1.165) is 34.7 Å². The number of aryl methyl sites for hydroxylation is 2. The summed E-state index contributed by atoms with van der Waals surface area (Å²) in [5, 5.41) is 12.4. The summed E-state index contributed by atoms with van der Waals surface area (Å²) in [7, 11) is 0. The molecule has 0 bridgehead atoms. The lowest BCUT2D eigenvalue weighted by atomic mass is 10.3. The second kappa shape index (κ2) is 7.17. The highest BCUT2D eigenvalue weighted by Gasteiger charge is 2.15. The van der Waals surface area contributed by atoms with Crippen molar-refractivity contribution in [2.75, 3.05) is 0 Å². The van der Waals surface area contributed by atoms with Gasteiger partial charge in [0.05, 0.1) is 29.0 Å². The van der Waals surface area contributed by atoms with Gasteiger partial charge in [-0.3, -0.25) is 4.68 Å².